The molecular formula is C15H17IN2. The molecular weight excluding hydrogens is 335 g/mol. The standard InChI is InChI=1S/C15H17IN2/c1-18(10-12-2-6-14(16)7-3-12)11-13-4-8-15(17)9-5-13/h2-9H,10-11,17H2,1H3. The van der Waals surface area contributed by atoms with Crippen LogP contribution in [-0.2, 0) is 13.1 Å². The molecule has 0 fully saturated rings. The van der Waals surface area contributed by atoms with Crippen molar-refractivity contribution < 1.29 is 0 Å². The fourth-order valence-electron chi connectivity index (χ4n) is 1.89. The molecule has 2 aromatic carbocycles. The maximum atomic E-state index is 5.68. The van der Waals surface area contributed by atoms with E-state index >= 15 is 0 Å². The second-order valence-corrected chi connectivity index (χ2v) is 5.79. The summed E-state index contributed by atoms with van der Waals surface area (Å²) in [5, 5.41) is 0. The molecule has 0 saturated carbocycles. The number of nitrogens with zero attached hydrogens (tertiary/aromatic N) is 1. The number of nitrogen functional groups attached to an aromatic ring is 1. The van der Waals surface area contributed by atoms with E-state index in [4.69, 9.17) is 5.73 Å². The lowest BCUT2D eigenvalue weighted by Gasteiger charge is -2.17. The first-order chi connectivity index (χ1) is 8.63. The molecule has 0 saturated heterocycles. The van der Waals surface area contributed by atoms with Crippen LogP contribution in [-0.4, -0.2) is 11.9 Å². The second-order valence-electron chi connectivity index (χ2n) is 4.54. The molecule has 0 bridgehead atoms. The zero-order chi connectivity index (χ0) is 13.0. The Labute approximate surface area is 122 Å². The summed E-state index contributed by atoms with van der Waals surface area (Å²) in [4.78, 5) is 2.30. The molecule has 0 amide bonds. The van der Waals surface area contributed by atoms with Crippen LogP contribution in [0.4, 0.5) is 5.69 Å². The van der Waals surface area contributed by atoms with Crippen LogP contribution < -0.4 is 5.73 Å². The molecule has 0 aliphatic rings. The van der Waals surface area contributed by atoms with Gasteiger partial charge in [0.25, 0.3) is 0 Å². The fourth-order valence-corrected chi connectivity index (χ4v) is 2.25. The van der Waals surface area contributed by atoms with Crippen molar-refractivity contribution in [1.29, 1.82) is 0 Å². The third-order valence-corrected chi connectivity index (χ3v) is 3.52. The van der Waals surface area contributed by atoms with Gasteiger partial charge in [0, 0.05) is 22.3 Å². The SMILES string of the molecule is CN(Cc1ccc(N)cc1)Cc1ccc(I)cc1. The number of rotatable bonds is 4. The van der Waals surface area contributed by atoms with E-state index in [1.54, 1.807) is 0 Å². The smallest absolute Gasteiger partial charge is 0.0314 e. The molecule has 2 N–H and O–H groups in total. The Morgan fingerprint density at radius 3 is 1.83 bits per heavy atom. The molecule has 0 heterocycles. The van der Waals surface area contributed by atoms with Gasteiger partial charge in [-0.3, -0.25) is 4.90 Å². The van der Waals surface area contributed by atoms with Crippen LogP contribution in [0.25, 0.3) is 0 Å². The van der Waals surface area contributed by atoms with Crippen molar-refractivity contribution in [2.45, 2.75) is 13.1 Å². The Balaban J connectivity index is 1.94. The first kappa shape index (κ1) is 13.4. The molecule has 0 spiro atoms. The first-order valence-electron chi connectivity index (χ1n) is 5.91. The molecule has 0 aliphatic carbocycles. The molecule has 0 unspecified atom stereocenters. The summed E-state index contributed by atoms with van der Waals surface area (Å²) in [5.41, 5.74) is 9.13. The average molecular weight is 352 g/mol. The lowest BCUT2D eigenvalue weighted by Crippen LogP contribution is -2.17. The van der Waals surface area contributed by atoms with Gasteiger partial charge < -0.3 is 5.73 Å². The monoisotopic (exact) mass is 352 g/mol. The zero-order valence-electron chi connectivity index (χ0n) is 10.4. The summed E-state index contributed by atoms with van der Waals surface area (Å²) < 4.78 is 1.28. The van der Waals surface area contributed by atoms with Gasteiger partial charge in [-0.2, -0.15) is 0 Å². The number of hydrogen-bond donors (Lipinski definition) is 1. The maximum absolute atomic E-state index is 5.68. The first-order valence-corrected chi connectivity index (χ1v) is 6.99. The summed E-state index contributed by atoms with van der Waals surface area (Å²) in [7, 11) is 2.13. The number of anilines is 1. The topological polar surface area (TPSA) is 29.3 Å². The summed E-state index contributed by atoms with van der Waals surface area (Å²) >= 11 is 2.33. The van der Waals surface area contributed by atoms with Gasteiger partial charge >= 0.3 is 0 Å². The van der Waals surface area contributed by atoms with Gasteiger partial charge in [0.05, 0.1) is 0 Å². The molecule has 3 heteroatoms. The molecule has 2 nitrogen and oxygen atoms in total. The van der Waals surface area contributed by atoms with Crippen molar-refractivity contribution in [3.05, 3.63) is 63.2 Å². The van der Waals surface area contributed by atoms with Crippen LogP contribution in [0, 0.1) is 3.57 Å². The average Bonchev–Trinajstić information content (AvgIpc) is 2.35. The highest BCUT2D eigenvalue weighted by molar-refractivity contribution is 14.1. The maximum Gasteiger partial charge on any atom is 0.0314 e. The van der Waals surface area contributed by atoms with E-state index in [1.807, 2.05) is 12.1 Å². The normalized spacial score (nSPS) is 10.8. The van der Waals surface area contributed by atoms with Crippen molar-refractivity contribution >= 4 is 28.3 Å². The lowest BCUT2D eigenvalue weighted by atomic mass is 10.1. The molecule has 2 rings (SSSR count). The summed E-state index contributed by atoms with van der Waals surface area (Å²) in [5.74, 6) is 0. The Kier molecular flexibility index (Phi) is 4.60. The van der Waals surface area contributed by atoms with Crippen LogP contribution in [0.2, 0.25) is 0 Å². The van der Waals surface area contributed by atoms with E-state index in [9.17, 15) is 0 Å². The summed E-state index contributed by atoms with van der Waals surface area (Å²) in [6.45, 7) is 1.90. The van der Waals surface area contributed by atoms with Gasteiger partial charge in [-0.05, 0) is 65.0 Å². The van der Waals surface area contributed by atoms with Gasteiger partial charge in [0.2, 0.25) is 0 Å². The molecule has 0 radical (unpaired) electrons. The quantitative estimate of drug-likeness (QED) is 0.674. The molecule has 2 aromatic rings. The predicted molar refractivity (Wildman–Crippen MR) is 85.2 cm³/mol. The van der Waals surface area contributed by atoms with Crippen molar-refractivity contribution in [3.63, 3.8) is 0 Å². The Morgan fingerprint density at radius 2 is 1.33 bits per heavy atom. The van der Waals surface area contributed by atoms with Crippen LogP contribution in [0.5, 0.6) is 0 Å². The van der Waals surface area contributed by atoms with Crippen LogP contribution >= 0.6 is 22.6 Å². The largest absolute Gasteiger partial charge is 0.399 e. The zero-order valence-corrected chi connectivity index (χ0v) is 12.6. The highest BCUT2D eigenvalue weighted by Gasteiger charge is 2.01. The van der Waals surface area contributed by atoms with E-state index in [0.29, 0.717) is 0 Å². The Hall–Kier alpha value is -1.07. The van der Waals surface area contributed by atoms with E-state index in [2.05, 4.69) is 70.9 Å². The van der Waals surface area contributed by atoms with Gasteiger partial charge in [0.15, 0.2) is 0 Å². The summed E-state index contributed by atoms with van der Waals surface area (Å²) in [6, 6.07) is 16.7. The number of halogens is 1. The van der Waals surface area contributed by atoms with Gasteiger partial charge in [-0.15, -0.1) is 0 Å². The lowest BCUT2D eigenvalue weighted by molar-refractivity contribution is 0.319. The molecule has 94 valence electrons. The number of hydrogen-bond acceptors (Lipinski definition) is 2. The van der Waals surface area contributed by atoms with Crippen LogP contribution in [0.1, 0.15) is 11.1 Å². The number of benzene rings is 2. The molecule has 18 heavy (non-hydrogen) atoms. The van der Waals surface area contributed by atoms with E-state index in [1.165, 1.54) is 14.7 Å². The van der Waals surface area contributed by atoms with E-state index in [0.717, 1.165) is 18.8 Å². The van der Waals surface area contributed by atoms with Crippen molar-refractivity contribution in [2.75, 3.05) is 12.8 Å². The third-order valence-electron chi connectivity index (χ3n) is 2.80. The highest BCUT2D eigenvalue weighted by atomic mass is 127. The van der Waals surface area contributed by atoms with Crippen molar-refractivity contribution in [1.82, 2.24) is 4.90 Å². The van der Waals surface area contributed by atoms with Gasteiger partial charge in [-0.1, -0.05) is 24.3 Å². The highest BCUT2D eigenvalue weighted by Crippen LogP contribution is 2.12. The van der Waals surface area contributed by atoms with Gasteiger partial charge in [0.1, 0.15) is 0 Å². The van der Waals surface area contributed by atoms with Crippen LogP contribution in [0.15, 0.2) is 48.5 Å². The number of nitrogens with two attached hydrogens (primary N) is 1. The second kappa shape index (κ2) is 6.20. The minimum Gasteiger partial charge on any atom is -0.399 e. The van der Waals surface area contributed by atoms with Gasteiger partial charge in [-0.25, -0.2) is 0 Å². The molecule has 0 aromatic heterocycles. The fraction of sp³-hybridized carbons (Fsp3) is 0.200. The molecule has 0 aliphatic heterocycles. The minimum atomic E-state index is 0.819. The van der Waals surface area contributed by atoms with E-state index in [-0.39, 0.29) is 0 Å². The van der Waals surface area contributed by atoms with E-state index < -0.39 is 0 Å². The molecule has 0 atom stereocenters. The van der Waals surface area contributed by atoms with Crippen molar-refractivity contribution in [3.8, 4) is 0 Å². The summed E-state index contributed by atoms with van der Waals surface area (Å²) in [6.07, 6.45) is 0. The van der Waals surface area contributed by atoms with Crippen molar-refractivity contribution in [2.24, 2.45) is 0 Å². The third kappa shape index (κ3) is 3.99. The predicted octanol–water partition coefficient (Wildman–Crippen LogP) is 3.51. The van der Waals surface area contributed by atoms with Crippen LogP contribution in [0.3, 0.4) is 0 Å². The minimum absolute atomic E-state index is 0.819. The Morgan fingerprint density at radius 1 is 0.889 bits per heavy atom. The Bertz CT molecular complexity index is 443.